The molecule has 7 heteroatoms. The number of carbonyl (C=O) groups is 1. The molecule has 0 N–H and O–H groups in total. The van der Waals surface area contributed by atoms with Crippen LogP contribution in [0.1, 0.15) is 37.0 Å². The lowest BCUT2D eigenvalue weighted by atomic mass is 10.0. The fraction of sp³-hybridized carbons (Fsp3) is 0.429. The highest BCUT2D eigenvalue weighted by Gasteiger charge is 2.42. The lowest BCUT2D eigenvalue weighted by Crippen LogP contribution is -2.48. The van der Waals surface area contributed by atoms with E-state index in [-0.39, 0.29) is 28.2 Å². The van der Waals surface area contributed by atoms with Gasteiger partial charge < -0.3 is 4.90 Å². The number of hydrogen-bond acceptors (Lipinski definition) is 4. The minimum atomic E-state index is -0.938. The Morgan fingerprint density at radius 1 is 1.52 bits per heavy atom. The smallest absolute Gasteiger partial charge is 0.287 e. The largest absolute Gasteiger partial charge is 0.317 e. The lowest BCUT2D eigenvalue weighted by Gasteiger charge is -2.33. The third-order valence-electron chi connectivity index (χ3n) is 3.40. The van der Waals surface area contributed by atoms with Crippen molar-refractivity contribution in [2.75, 3.05) is 0 Å². The van der Waals surface area contributed by atoms with Crippen molar-refractivity contribution in [3.05, 3.63) is 38.9 Å². The van der Waals surface area contributed by atoms with Crippen LogP contribution in [-0.4, -0.2) is 27.3 Å². The van der Waals surface area contributed by atoms with Crippen LogP contribution >= 0.6 is 11.6 Å². The molecule has 0 radical (unpaired) electrons. The predicted molar refractivity (Wildman–Crippen MR) is 77.0 cm³/mol. The van der Waals surface area contributed by atoms with Crippen LogP contribution in [0.4, 0.5) is 5.69 Å². The Morgan fingerprint density at radius 2 is 2.14 bits per heavy atom. The number of nitro benzene ring substituents is 1. The third kappa shape index (κ3) is 2.98. The second-order valence-corrected chi connectivity index (χ2v) is 5.91. The van der Waals surface area contributed by atoms with Crippen molar-refractivity contribution in [2.45, 2.75) is 38.3 Å². The van der Waals surface area contributed by atoms with Gasteiger partial charge in [0, 0.05) is 17.7 Å². The van der Waals surface area contributed by atoms with E-state index < -0.39 is 10.5 Å². The van der Waals surface area contributed by atoms with Crippen LogP contribution in [0, 0.1) is 21.4 Å². The van der Waals surface area contributed by atoms with Crippen molar-refractivity contribution in [3.8, 4) is 6.07 Å². The van der Waals surface area contributed by atoms with E-state index in [2.05, 4.69) is 6.07 Å². The first-order valence-electron chi connectivity index (χ1n) is 6.47. The molecule has 1 aliphatic rings. The lowest BCUT2D eigenvalue weighted by molar-refractivity contribution is -0.384. The molecule has 0 aliphatic heterocycles. The molecule has 0 aromatic heterocycles. The highest BCUT2D eigenvalue weighted by atomic mass is 35.5. The van der Waals surface area contributed by atoms with Crippen molar-refractivity contribution < 1.29 is 9.72 Å². The zero-order valence-corrected chi connectivity index (χ0v) is 12.4. The molecular weight excluding hydrogens is 294 g/mol. The van der Waals surface area contributed by atoms with E-state index in [1.807, 2.05) is 0 Å². The summed E-state index contributed by atoms with van der Waals surface area (Å²) in [5.74, 6) is -0.333. The second-order valence-electron chi connectivity index (χ2n) is 5.50. The number of nitro groups is 1. The van der Waals surface area contributed by atoms with Gasteiger partial charge in [-0.25, -0.2) is 0 Å². The van der Waals surface area contributed by atoms with Gasteiger partial charge in [0.15, 0.2) is 0 Å². The van der Waals surface area contributed by atoms with E-state index in [9.17, 15) is 20.2 Å². The molecule has 1 aliphatic carbocycles. The minimum Gasteiger partial charge on any atom is -0.317 e. The van der Waals surface area contributed by atoms with E-state index in [0.717, 1.165) is 12.8 Å². The summed E-state index contributed by atoms with van der Waals surface area (Å²) < 4.78 is 0. The fourth-order valence-electron chi connectivity index (χ4n) is 2.19. The molecule has 0 heterocycles. The van der Waals surface area contributed by atoms with Gasteiger partial charge in [0.1, 0.15) is 10.6 Å². The summed E-state index contributed by atoms with van der Waals surface area (Å²) in [6, 6.07) is 6.03. The van der Waals surface area contributed by atoms with E-state index in [1.165, 1.54) is 23.1 Å². The zero-order chi connectivity index (χ0) is 15.8. The van der Waals surface area contributed by atoms with E-state index in [1.54, 1.807) is 13.8 Å². The number of nitrogens with zero attached hydrogens (tertiary/aromatic N) is 3. The molecular formula is C14H14ClN3O3. The Bertz CT molecular complexity index is 647. The molecule has 1 amide bonds. The summed E-state index contributed by atoms with van der Waals surface area (Å²) in [5, 5.41) is 19.9. The molecule has 1 fully saturated rings. The maximum absolute atomic E-state index is 12.6. The number of amides is 1. The summed E-state index contributed by atoms with van der Waals surface area (Å²) in [4.78, 5) is 24.3. The SMILES string of the molecule is CC(C)(C#N)N(C(=O)c1ccc([N+](=O)[O-])c(Cl)c1)C1CC1. The number of benzene rings is 1. The number of nitriles is 1. The molecule has 1 saturated carbocycles. The molecule has 21 heavy (non-hydrogen) atoms. The summed E-state index contributed by atoms with van der Waals surface area (Å²) in [6.45, 7) is 3.35. The van der Waals surface area contributed by atoms with Gasteiger partial charge in [0.25, 0.3) is 11.6 Å². The Balaban J connectivity index is 2.36. The first kappa shape index (κ1) is 15.3. The van der Waals surface area contributed by atoms with E-state index in [0.29, 0.717) is 0 Å². The average Bonchev–Trinajstić information content (AvgIpc) is 3.22. The van der Waals surface area contributed by atoms with Gasteiger partial charge >= 0.3 is 0 Å². The summed E-state index contributed by atoms with van der Waals surface area (Å²) in [6.07, 6.45) is 1.72. The minimum absolute atomic E-state index is 0.0427. The van der Waals surface area contributed by atoms with Crippen LogP contribution in [0.2, 0.25) is 5.02 Å². The Kier molecular flexibility index (Phi) is 3.88. The number of rotatable bonds is 4. The molecule has 1 aromatic rings. The molecule has 2 rings (SSSR count). The molecule has 1 aromatic carbocycles. The van der Waals surface area contributed by atoms with Gasteiger partial charge in [0.05, 0.1) is 11.0 Å². The normalized spacial score (nSPS) is 14.4. The molecule has 6 nitrogen and oxygen atoms in total. The van der Waals surface area contributed by atoms with Gasteiger partial charge in [-0.1, -0.05) is 11.6 Å². The quantitative estimate of drug-likeness (QED) is 0.631. The first-order chi connectivity index (χ1) is 9.77. The topological polar surface area (TPSA) is 87.2 Å². The fourth-order valence-corrected chi connectivity index (χ4v) is 2.44. The van der Waals surface area contributed by atoms with E-state index in [4.69, 9.17) is 11.6 Å². The molecule has 0 unspecified atom stereocenters. The Morgan fingerprint density at radius 3 is 2.57 bits per heavy atom. The van der Waals surface area contributed by atoms with Crippen molar-refractivity contribution in [2.24, 2.45) is 0 Å². The second kappa shape index (κ2) is 5.34. The molecule has 0 atom stereocenters. The average molecular weight is 308 g/mol. The van der Waals surface area contributed by atoms with E-state index >= 15 is 0 Å². The Labute approximate surface area is 127 Å². The van der Waals surface area contributed by atoms with Gasteiger partial charge in [0.2, 0.25) is 0 Å². The maximum Gasteiger partial charge on any atom is 0.287 e. The maximum atomic E-state index is 12.6. The predicted octanol–water partition coefficient (Wildman–Crippen LogP) is 3.15. The number of halogens is 1. The van der Waals surface area contributed by atoms with Crippen molar-refractivity contribution in [1.29, 1.82) is 5.26 Å². The van der Waals surface area contributed by atoms with Crippen molar-refractivity contribution in [1.82, 2.24) is 4.90 Å². The number of carbonyl (C=O) groups excluding carboxylic acids is 1. The van der Waals surface area contributed by atoms with Gasteiger partial charge in [-0.05, 0) is 38.8 Å². The molecule has 0 spiro atoms. The molecule has 110 valence electrons. The monoisotopic (exact) mass is 307 g/mol. The highest BCUT2D eigenvalue weighted by Crippen LogP contribution is 2.35. The zero-order valence-electron chi connectivity index (χ0n) is 11.7. The highest BCUT2D eigenvalue weighted by molar-refractivity contribution is 6.33. The van der Waals surface area contributed by atoms with Crippen LogP contribution in [0.3, 0.4) is 0 Å². The molecule has 0 saturated heterocycles. The summed E-state index contributed by atoms with van der Waals surface area (Å²) >= 11 is 5.84. The van der Waals surface area contributed by atoms with Crippen LogP contribution in [0.15, 0.2) is 18.2 Å². The van der Waals surface area contributed by atoms with Crippen LogP contribution < -0.4 is 0 Å². The van der Waals surface area contributed by atoms with Crippen molar-refractivity contribution >= 4 is 23.2 Å². The standard InChI is InChI=1S/C14H14ClN3O3/c1-14(2,8-16)17(10-4-5-10)13(19)9-3-6-12(18(20)21)11(15)7-9/h3,6-7,10H,4-5H2,1-2H3. The van der Waals surface area contributed by atoms with Crippen LogP contribution in [-0.2, 0) is 0 Å². The third-order valence-corrected chi connectivity index (χ3v) is 3.70. The van der Waals surface area contributed by atoms with Crippen molar-refractivity contribution in [3.63, 3.8) is 0 Å². The molecule has 0 bridgehead atoms. The summed E-state index contributed by atoms with van der Waals surface area (Å²) in [7, 11) is 0. The first-order valence-corrected chi connectivity index (χ1v) is 6.84. The van der Waals surface area contributed by atoms with Gasteiger partial charge in [-0.2, -0.15) is 5.26 Å². The number of hydrogen-bond donors (Lipinski definition) is 0. The summed E-state index contributed by atoms with van der Waals surface area (Å²) in [5.41, 5.74) is -0.932. The van der Waals surface area contributed by atoms with Gasteiger partial charge in [-0.15, -0.1) is 0 Å². The van der Waals surface area contributed by atoms with Gasteiger partial charge in [-0.3, -0.25) is 14.9 Å². The van der Waals surface area contributed by atoms with Crippen LogP contribution in [0.5, 0.6) is 0 Å². The Hall–Kier alpha value is -2.13. The van der Waals surface area contributed by atoms with Crippen LogP contribution in [0.25, 0.3) is 0 Å².